The van der Waals surface area contributed by atoms with E-state index in [0.29, 0.717) is 0 Å². The van der Waals surface area contributed by atoms with Crippen LogP contribution in [0.3, 0.4) is 0 Å². The lowest BCUT2D eigenvalue weighted by atomic mass is 10.2. The molecule has 0 N–H and O–H groups in total. The first-order chi connectivity index (χ1) is 4.81. The van der Waals surface area contributed by atoms with Crippen LogP contribution in [0, 0.1) is 0 Å². The van der Waals surface area contributed by atoms with Crippen LogP contribution in [0.25, 0.3) is 0 Å². The molecule has 0 aliphatic heterocycles. The molecule has 0 saturated carbocycles. The van der Waals surface area contributed by atoms with Crippen LogP contribution < -0.4 is 0 Å². The number of unbranched alkanes of at least 4 members (excludes halogenated alkanes) is 2. The summed E-state index contributed by atoms with van der Waals surface area (Å²) in [6.07, 6.45) is 10.4. The Balaban J connectivity index is 3.37. The lowest BCUT2D eigenvalue weighted by Crippen LogP contribution is -1.68. The summed E-state index contributed by atoms with van der Waals surface area (Å²) in [5.74, 6) is 0. The van der Waals surface area contributed by atoms with E-state index >= 15 is 0 Å². The summed E-state index contributed by atoms with van der Waals surface area (Å²) in [4.78, 5) is 0. The maximum absolute atomic E-state index is 2.25. The van der Waals surface area contributed by atoms with Crippen molar-refractivity contribution in [2.24, 2.45) is 0 Å². The number of hydrogen-bond donors (Lipinski definition) is 0. The fraction of sp³-hybridized carbons (Fsp3) is 0.600. The SMILES string of the molecule is C/C=C(/C)C=CCCCC. The first kappa shape index (κ1) is 9.48. The standard InChI is InChI=1S/C10H18/c1-4-6-7-8-9-10(3)5-2/h5,8-9H,4,6-7H2,1-3H3/b9-8?,10-5-. The van der Waals surface area contributed by atoms with Gasteiger partial charge in [-0.1, -0.05) is 43.6 Å². The van der Waals surface area contributed by atoms with Gasteiger partial charge in [-0.2, -0.15) is 0 Å². The molecule has 0 saturated heterocycles. The average molecular weight is 138 g/mol. The summed E-state index contributed by atoms with van der Waals surface area (Å²) in [6.45, 7) is 6.41. The molecule has 0 amide bonds. The van der Waals surface area contributed by atoms with E-state index < -0.39 is 0 Å². The Morgan fingerprint density at radius 2 is 2.10 bits per heavy atom. The largest absolute Gasteiger partial charge is 0.0847 e. The Hall–Kier alpha value is -0.520. The van der Waals surface area contributed by atoms with Crippen LogP contribution in [0.5, 0.6) is 0 Å². The van der Waals surface area contributed by atoms with Crippen molar-refractivity contribution in [3.63, 3.8) is 0 Å². The van der Waals surface area contributed by atoms with Crippen molar-refractivity contribution >= 4 is 0 Å². The number of hydrogen-bond acceptors (Lipinski definition) is 0. The van der Waals surface area contributed by atoms with Crippen LogP contribution >= 0.6 is 0 Å². The molecule has 0 fully saturated rings. The van der Waals surface area contributed by atoms with Crippen molar-refractivity contribution in [2.75, 3.05) is 0 Å². The Bertz CT molecular complexity index is 118. The predicted octanol–water partition coefficient (Wildman–Crippen LogP) is 3.70. The van der Waals surface area contributed by atoms with Gasteiger partial charge in [0.15, 0.2) is 0 Å². The molecule has 0 aliphatic carbocycles. The van der Waals surface area contributed by atoms with Gasteiger partial charge in [-0.05, 0) is 20.3 Å². The highest BCUT2D eigenvalue weighted by atomic mass is 13.8. The summed E-state index contributed by atoms with van der Waals surface area (Å²) in [6, 6.07) is 0. The molecule has 0 unspecified atom stereocenters. The fourth-order valence-electron chi connectivity index (χ4n) is 0.687. The minimum Gasteiger partial charge on any atom is -0.0847 e. The predicted molar refractivity (Wildman–Crippen MR) is 48.1 cm³/mol. The molecule has 0 rings (SSSR count). The van der Waals surface area contributed by atoms with E-state index in [4.69, 9.17) is 0 Å². The van der Waals surface area contributed by atoms with Crippen LogP contribution in [0.2, 0.25) is 0 Å². The van der Waals surface area contributed by atoms with Crippen molar-refractivity contribution in [3.05, 3.63) is 23.8 Å². The van der Waals surface area contributed by atoms with Gasteiger partial charge in [0.2, 0.25) is 0 Å². The molecular weight excluding hydrogens is 120 g/mol. The zero-order valence-corrected chi connectivity index (χ0v) is 7.35. The van der Waals surface area contributed by atoms with Gasteiger partial charge in [0.1, 0.15) is 0 Å². The van der Waals surface area contributed by atoms with E-state index in [-0.39, 0.29) is 0 Å². The van der Waals surface area contributed by atoms with Gasteiger partial charge in [0.25, 0.3) is 0 Å². The van der Waals surface area contributed by atoms with Gasteiger partial charge < -0.3 is 0 Å². The van der Waals surface area contributed by atoms with Crippen LogP contribution in [0.4, 0.5) is 0 Å². The highest BCUT2D eigenvalue weighted by Gasteiger charge is 1.78. The molecule has 0 bridgehead atoms. The summed E-state index contributed by atoms with van der Waals surface area (Å²) in [7, 11) is 0. The molecule has 0 aromatic heterocycles. The Labute approximate surface area is 64.6 Å². The highest BCUT2D eigenvalue weighted by Crippen LogP contribution is 1.99. The second kappa shape index (κ2) is 6.60. The number of allylic oxidation sites excluding steroid dienone is 4. The van der Waals surface area contributed by atoms with Crippen LogP contribution in [-0.4, -0.2) is 0 Å². The van der Waals surface area contributed by atoms with Crippen LogP contribution in [-0.2, 0) is 0 Å². The smallest absolute Gasteiger partial charge is 0.0348 e. The maximum atomic E-state index is 2.25. The molecule has 0 nitrogen and oxygen atoms in total. The topological polar surface area (TPSA) is 0 Å². The normalized spacial score (nSPS) is 12.9. The van der Waals surface area contributed by atoms with Crippen LogP contribution in [0.15, 0.2) is 23.8 Å². The summed E-state index contributed by atoms with van der Waals surface area (Å²) >= 11 is 0. The molecular formula is C10H18. The van der Waals surface area contributed by atoms with Gasteiger partial charge in [-0.3, -0.25) is 0 Å². The third-order valence-electron chi connectivity index (χ3n) is 1.56. The Morgan fingerprint density at radius 1 is 1.40 bits per heavy atom. The molecule has 0 radical (unpaired) electrons. The quantitative estimate of drug-likeness (QED) is 0.410. The van der Waals surface area contributed by atoms with Crippen LogP contribution in [0.1, 0.15) is 40.0 Å². The van der Waals surface area contributed by atoms with Crippen molar-refractivity contribution in [1.29, 1.82) is 0 Å². The summed E-state index contributed by atoms with van der Waals surface area (Å²) in [5.41, 5.74) is 1.36. The molecule has 0 atom stereocenters. The van der Waals surface area contributed by atoms with Crippen molar-refractivity contribution < 1.29 is 0 Å². The monoisotopic (exact) mass is 138 g/mol. The molecule has 0 heterocycles. The van der Waals surface area contributed by atoms with E-state index in [9.17, 15) is 0 Å². The number of rotatable bonds is 4. The van der Waals surface area contributed by atoms with Gasteiger partial charge >= 0.3 is 0 Å². The first-order valence-corrected chi connectivity index (χ1v) is 4.10. The minimum atomic E-state index is 1.22. The molecule has 0 aromatic carbocycles. The van der Waals surface area contributed by atoms with E-state index in [1.54, 1.807) is 0 Å². The third kappa shape index (κ3) is 5.61. The average Bonchev–Trinajstić information content (AvgIpc) is 1.98. The summed E-state index contributed by atoms with van der Waals surface area (Å²) < 4.78 is 0. The lowest BCUT2D eigenvalue weighted by Gasteiger charge is -1.89. The highest BCUT2D eigenvalue weighted by molar-refractivity contribution is 5.14. The van der Waals surface area contributed by atoms with E-state index in [0.717, 1.165) is 0 Å². The van der Waals surface area contributed by atoms with Gasteiger partial charge in [-0.25, -0.2) is 0 Å². The lowest BCUT2D eigenvalue weighted by molar-refractivity contribution is 0.814. The zero-order valence-electron chi connectivity index (χ0n) is 7.35. The van der Waals surface area contributed by atoms with Crippen molar-refractivity contribution in [2.45, 2.75) is 40.0 Å². The first-order valence-electron chi connectivity index (χ1n) is 4.10. The van der Waals surface area contributed by atoms with E-state index in [1.165, 1.54) is 24.8 Å². The summed E-state index contributed by atoms with van der Waals surface area (Å²) in [5, 5.41) is 0. The van der Waals surface area contributed by atoms with Crippen molar-refractivity contribution in [1.82, 2.24) is 0 Å². The van der Waals surface area contributed by atoms with E-state index in [2.05, 4.69) is 39.0 Å². The second-order valence-corrected chi connectivity index (χ2v) is 2.58. The van der Waals surface area contributed by atoms with Gasteiger partial charge in [-0.15, -0.1) is 0 Å². The van der Waals surface area contributed by atoms with Crippen molar-refractivity contribution in [3.8, 4) is 0 Å². The minimum absolute atomic E-state index is 1.22. The molecule has 0 heteroatoms. The molecule has 0 spiro atoms. The van der Waals surface area contributed by atoms with Gasteiger partial charge in [0, 0.05) is 0 Å². The maximum Gasteiger partial charge on any atom is -0.0348 e. The fourth-order valence-corrected chi connectivity index (χ4v) is 0.687. The second-order valence-electron chi connectivity index (χ2n) is 2.58. The Morgan fingerprint density at radius 3 is 2.60 bits per heavy atom. The van der Waals surface area contributed by atoms with E-state index in [1.807, 2.05) is 0 Å². The zero-order chi connectivity index (χ0) is 7.82. The molecule has 58 valence electrons. The molecule has 0 aromatic rings. The Kier molecular flexibility index (Phi) is 6.25. The van der Waals surface area contributed by atoms with Gasteiger partial charge in [0.05, 0.1) is 0 Å². The third-order valence-corrected chi connectivity index (χ3v) is 1.56. The molecule has 10 heavy (non-hydrogen) atoms. The molecule has 0 aliphatic rings.